The second-order valence-corrected chi connectivity index (χ2v) is 5.77. The molecule has 0 aliphatic heterocycles. The molecule has 1 heterocycles. The molecular weight excluding hydrogens is 334 g/mol. The van der Waals surface area contributed by atoms with Crippen molar-refractivity contribution in [1.29, 1.82) is 5.41 Å². The third kappa shape index (κ3) is 3.04. The zero-order valence-corrected chi connectivity index (χ0v) is 12.3. The van der Waals surface area contributed by atoms with Gasteiger partial charge in [0.1, 0.15) is 10.9 Å². The van der Waals surface area contributed by atoms with Gasteiger partial charge in [0.2, 0.25) is 0 Å². The van der Waals surface area contributed by atoms with Crippen molar-refractivity contribution in [2.45, 2.75) is 9.92 Å². The third-order valence-corrected chi connectivity index (χ3v) is 4.38. The van der Waals surface area contributed by atoms with Gasteiger partial charge >= 0.3 is 0 Å². The number of nitrogens with zero attached hydrogens (tertiary/aromatic N) is 1. The van der Waals surface area contributed by atoms with Gasteiger partial charge in [0.25, 0.3) is 0 Å². The second-order valence-electron chi connectivity index (χ2n) is 3.45. The number of hydrogen-bond acceptors (Lipinski definition) is 3. The van der Waals surface area contributed by atoms with Crippen LogP contribution in [0, 0.1) is 5.41 Å². The minimum Gasteiger partial charge on any atom is -0.384 e. The minimum atomic E-state index is 0.0150. The predicted molar refractivity (Wildman–Crippen MR) is 78.5 cm³/mol. The fraction of sp³-hybridized carbons (Fsp3) is 0. The van der Waals surface area contributed by atoms with E-state index in [2.05, 4.69) is 20.9 Å². The molecule has 2 rings (SSSR count). The van der Waals surface area contributed by atoms with E-state index < -0.39 is 0 Å². The second kappa shape index (κ2) is 5.73. The van der Waals surface area contributed by atoms with Gasteiger partial charge in [-0.2, -0.15) is 0 Å². The number of pyridine rings is 1. The van der Waals surface area contributed by atoms with E-state index in [-0.39, 0.29) is 5.84 Å². The summed E-state index contributed by atoms with van der Waals surface area (Å²) in [4.78, 5) is 5.08. The van der Waals surface area contributed by atoms with Gasteiger partial charge in [-0.05, 0) is 46.3 Å². The van der Waals surface area contributed by atoms with Crippen LogP contribution >= 0.6 is 39.3 Å². The van der Waals surface area contributed by atoms with Crippen molar-refractivity contribution in [2.75, 3.05) is 0 Å². The highest BCUT2D eigenvalue weighted by molar-refractivity contribution is 9.10. The molecular formula is C12H9BrClN3S. The summed E-state index contributed by atoms with van der Waals surface area (Å²) in [5.74, 6) is 0.0150. The van der Waals surface area contributed by atoms with Crippen LogP contribution in [-0.2, 0) is 0 Å². The Morgan fingerprint density at radius 1 is 1.39 bits per heavy atom. The summed E-state index contributed by atoms with van der Waals surface area (Å²) in [6.07, 6.45) is 1.71. The molecule has 1 aromatic heterocycles. The lowest BCUT2D eigenvalue weighted by molar-refractivity contribution is 1.11. The molecule has 0 aliphatic rings. The van der Waals surface area contributed by atoms with Crippen molar-refractivity contribution in [2.24, 2.45) is 5.73 Å². The molecule has 6 heteroatoms. The Bertz CT molecular complexity index is 604. The van der Waals surface area contributed by atoms with E-state index in [9.17, 15) is 0 Å². The molecule has 0 amide bonds. The Morgan fingerprint density at radius 3 is 2.83 bits per heavy atom. The van der Waals surface area contributed by atoms with E-state index in [4.69, 9.17) is 22.7 Å². The summed E-state index contributed by atoms with van der Waals surface area (Å²) >= 11 is 10.8. The summed E-state index contributed by atoms with van der Waals surface area (Å²) in [7, 11) is 0. The molecule has 0 atom stereocenters. The number of nitrogens with two attached hydrogens (primary N) is 1. The highest BCUT2D eigenvalue weighted by Crippen LogP contribution is 2.34. The zero-order chi connectivity index (χ0) is 13.1. The van der Waals surface area contributed by atoms with Crippen LogP contribution in [0.5, 0.6) is 0 Å². The maximum atomic E-state index is 7.56. The first-order valence-electron chi connectivity index (χ1n) is 5.00. The van der Waals surface area contributed by atoms with Gasteiger partial charge < -0.3 is 5.73 Å². The molecule has 3 N–H and O–H groups in total. The highest BCUT2D eigenvalue weighted by atomic mass is 79.9. The summed E-state index contributed by atoms with van der Waals surface area (Å²) in [5, 5.41) is 8.97. The first-order chi connectivity index (χ1) is 8.58. The third-order valence-electron chi connectivity index (χ3n) is 2.17. The van der Waals surface area contributed by atoms with Crippen LogP contribution in [0.1, 0.15) is 5.56 Å². The van der Waals surface area contributed by atoms with Crippen LogP contribution in [-0.4, -0.2) is 10.8 Å². The summed E-state index contributed by atoms with van der Waals surface area (Å²) < 4.78 is 0.893. The molecule has 0 bridgehead atoms. The number of nitrogen functional groups attached to an aromatic ring is 1. The van der Waals surface area contributed by atoms with Crippen molar-refractivity contribution >= 4 is 45.1 Å². The van der Waals surface area contributed by atoms with Gasteiger partial charge in [-0.25, -0.2) is 4.98 Å². The number of nitrogens with one attached hydrogen (secondary N) is 1. The van der Waals surface area contributed by atoms with E-state index >= 15 is 0 Å². The Balaban J connectivity index is 2.42. The molecule has 0 saturated carbocycles. The number of rotatable bonds is 3. The molecule has 0 spiro atoms. The SMILES string of the molecule is N=C(N)c1ccc(Cl)cc1Sc1ncccc1Br. The largest absolute Gasteiger partial charge is 0.384 e. The van der Waals surface area contributed by atoms with Gasteiger partial charge in [-0.3, -0.25) is 5.41 Å². The van der Waals surface area contributed by atoms with E-state index in [0.717, 1.165) is 14.4 Å². The maximum Gasteiger partial charge on any atom is 0.123 e. The first kappa shape index (κ1) is 13.4. The molecule has 0 aliphatic carbocycles. The van der Waals surface area contributed by atoms with Crippen molar-refractivity contribution < 1.29 is 0 Å². The predicted octanol–water partition coefficient (Wildman–Crippen LogP) is 3.93. The molecule has 3 nitrogen and oxygen atoms in total. The van der Waals surface area contributed by atoms with Crippen LogP contribution in [0.3, 0.4) is 0 Å². The van der Waals surface area contributed by atoms with E-state index in [1.54, 1.807) is 24.4 Å². The number of benzene rings is 1. The van der Waals surface area contributed by atoms with Crippen LogP contribution in [0.25, 0.3) is 0 Å². The number of aromatic nitrogens is 1. The van der Waals surface area contributed by atoms with Gasteiger partial charge in [-0.15, -0.1) is 0 Å². The lowest BCUT2D eigenvalue weighted by Gasteiger charge is -2.08. The molecule has 0 radical (unpaired) electrons. The topological polar surface area (TPSA) is 62.8 Å². The molecule has 0 unspecified atom stereocenters. The monoisotopic (exact) mass is 341 g/mol. The number of hydrogen-bond donors (Lipinski definition) is 2. The molecule has 92 valence electrons. The Morgan fingerprint density at radius 2 is 2.17 bits per heavy atom. The Kier molecular flexibility index (Phi) is 4.27. The van der Waals surface area contributed by atoms with E-state index in [1.165, 1.54) is 11.8 Å². The van der Waals surface area contributed by atoms with Crippen molar-refractivity contribution in [3.63, 3.8) is 0 Å². The number of amidine groups is 1. The van der Waals surface area contributed by atoms with Crippen molar-refractivity contribution in [1.82, 2.24) is 4.98 Å². The lowest BCUT2D eigenvalue weighted by atomic mass is 10.2. The molecule has 18 heavy (non-hydrogen) atoms. The summed E-state index contributed by atoms with van der Waals surface area (Å²) in [5.41, 5.74) is 6.21. The molecule has 0 saturated heterocycles. The van der Waals surface area contributed by atoms with Crippen molar-refractivity contribution in [3.05, 3.63) is 51.6 Å². The summed E-state index contributed by atoms with van der Waals surface area (Å²) in [6, 6.07) is 9.00. The highest BCUT2D eigenvalue weighted by Gasteiger charge is 2.10. The fourth-order valence-electron chi connectivity index (χ4n) is 1.35. The molecule has 0 fully saturated rings. The number of halogens is 2. The van der Waals surface area contributed by atoms with Gasteiger partial charge in [0.05, 0.1) is 4.47 Å². The normalized spacial score (nSPS) is 10.3. The maximum absolute atomic E-state index is 7.56. The Labute approximate surface area is 122 Å². The van der Waals surface area contributed by atoms with Crippen molar-refractivity contribution in [3.8, 4) is 0 Å². The average molecular weight is 343 g/mol. The molecule has 1 aromatic carbocycles. The van der Waals surface area contributed by atoms with Crippen LogP contribution in [0.15, 0.2) is 50.9 Å². The van der Waals surface area contributed by atoms with E-state index in [0.29, 0.717) is 10.6 Å². The fourth-order valence-corrected chi connectivity index (χ4v) is 3.05. The average Bonchev–Trinajstić information content (AvgIpc) is 2.32. The smallest absolute Gasteiger partial charge is 0.123 e. The zero-order valence-electron chi connectivity index (χ0n) is 9.15. The van der Waals surface area contributed by atoms with Crippen LogP contribution < -0.4 is 5.73 Å². The molecule has 2 aromatic rings. The van der Waals surface area contributed by atoms with E-state index in [1.807, 2.05) is 12.1 Å². The van der Waals surface area contributed by atoms with Crippen LogP contribution in [0.2, 0.25) is 5.02 Å². The Hall–Kier alpha value is -1.04. The van der Waals surface area contributed by atoms with Gasteiger partial charge in [-0.1, -0.05) is 23.4 Å². The van der Waals surface area contributed by atoms with Gasteiger partial charge in [0.15, 0.2) is 0 Å². The first-order valence-corrected chi connectivity index (χ1v) is 6.99. The standard InChI is InChI=1S/C12H9BrClN3S/c13-9-2-1-5-17-12(9)18-10-6-7(14)3-4-8(10)11(15)16/h1-6H,(H3,15,16). The van der Waals surface area contributed by atoms with Crippen LogP contribution in [0.4, 0.5) is 0 Å². The minimum absolute atomic E-state index is 0.0150. The quantitative estimate of drug-likeness (QED) is 0.656. The van der Waals surface area contributed by atoms with Gasteiger partial charge in [0, 0.05) is 21.7 Å². The summed E-state index contributed by atoms with van der Waals surface area (Å²) in [6.45, 7) is 0. The lowest BCUT2D eigenvalue weighted by Crippen LogP contribution is -2.12.